The number of amides is 1. The maximum absolute atomic E-state index is 12.8. The van der Waals surface area contributed by atoms with Gasteiger partial charge in [0.25, 0.3) is 5.91 Å². The van der Waals surface area contributed by atoms with Gasteiger partial charge in [0.1, 0.15) is 0 Å². The van der Waals surface area contributed by atoms with Crippen LogP contribution in [0.5, 0.6) is 0 Å². The van der Waals surface area contributed by atoms with Gasteiger partial charge >= 0.3 is 0 Å². The van der Waals surface area contributed by atoms with Gasteiger partial charge in [-0.3, -0.25) is 9.59 Å². The second-order valence-electron chi connectivity index (χ2n) is 6.67. The van der Waals surface area contributed by atoms with Gasteiger partial charge in [-0.05, 0) is 23.3 Å². The van der Waals surface area contributed by atoms with E-state index in [-0.39, 0.29) is 16.4 Å². The molecule has 0 aromatic heterocycles. The number of carbonyl (C=O) groups is 2. The topological polar surface area (TPSA) is 66.4 Å². The molecule has 0 saturated heterocycles. The van der Waals surface area contributed by atoms with Crippen LogP contribution in [-0.2, 0) is 10.4 Å². The number of Topliss-reactive ketones (excluding diaryl/α,β-unsaturated/α-hetero) is 1. The van der Waals surface area contributed by atoms with Crippen molar-refractivity contribution in [1.29, 1.82) is 0 Å². The molecule has 0 radical (unpaired) electrons. The van der Waals surface area contributed by atoms with Gasteiger partial charge in [0.2, 0.25) is 0 Å². The molecule has 1 amide bonds. The molecule has 1 aliphatic rings. The van der Waals surface area contributed by atoms with E-state index in [0.717, 1.165) is 11.1 Å². The van der Waals surface area contributed by atoms with E-state index in [9.17, 15) is 14.7 Å². The predicted octanol–water partition coefficient (Wildman–Crippen LogP) is 5.07. The monoisotopic (exact) mass is 411 g/mol. The number of hydrogen-bond donors (Lipinski definition) is 2. The molecular formula is C22H15Cl2NO3. The highest BCUT2D eigenvalue weighted by atomic mass is 35.5. The predicted molar refractivity (Wildman–Crippen MR) is 110 cm³/mol. The minimum absolute atomic E-state index is 0.135. The van der Waals surface area contributed by atoms with Crippen LogP contribution in [0.4, 0.5) is 5.69 Å². The Bertz CT molecular complexity index is 1080. The third-order valence-electron chi connectivity index (χ3n) is 4.82. The van der Waals surface area contributed by atoms with Crippen LogP contribution >= 0.6 is 23.2 Å². The zero-order chi connectivity index (χ0) is 19.9. The number of hydrogen-bond acceptors (Lipinski definition) is 3. The molecule has 1 heterocycles. The summed E-state index contributed by atoms with van der Waals surface area (Å²) in [4.78, 5) is 25.2. The van der Waals surface area contributed by atoms with Crippen molar-refractivity contribution in [2.75, 3.05) is 5.32 Å². The van der Waals surface area contributed by atoms with E-state index in [1.54, 1.807) is 12.1 Å². The number of anilines is 1. The first-order chi connectivity index (χ1) is 13.4. The van der Waals surface area contributed by atoms with E-state index >= 15 is 0 Å². The molecule has 6 heteroatoms. The molecule has 4 nitrogen and oxygen atoms in total. The van der Waals surface area contributed by atoms with E-state index in [1.165, 1.54) is 12.1 Å². The number of aliphatic hydroxyl groups is 1. The third kappa shape index (κ3) is 3.20. The molecule has 1 aliphatic heterocycles. The van der Waals surface area contributed by atoms with Crippen LogP contribution in [0.3, 0.4) is 0 Å². The Morgan fingerprint density at radius 3 is 2.29 bits per heavy atom. The maximum atomic E-state index is 12.8. The maximum Gasteiger partial charge on any atom is 0.261 e. The molecule has 28 heavy (non-hydrogen) atoms. The van der Waals surface area contributed by atoms with Crippen LogP contribution in [0.2, 0.25) is 10.0 Å². The lowest BCUT2D eigenvalue weighted by Gasteiger charge is -2.21. The average molecular weight is 412 g/mol. The smallest absolute Gasteiger partial charge is 0.261 e. The minimum atomic E-state index is -2.04. The number of benzene rings is 3. The summed E-state index contributed by atoms with van der Waals surface area (Å²) in [6, 6.07) is 19.8. The highest BCUT2D eigenvalue weighted by molar-refractivity contribution is 6.36. The summed E-state index contributed by atoms with van der Waals surface area (Å²) in [7, 11) is 0. The van der Waals surface area contributed by atoms with Gasteiger partial charge in [0.05, 0.1) is 17.1 Å². The lowest BCUT2D eigenvalue weighted by atomic mass is 9.87. The van der Waals surface area contributed by atoms with Gasteiger partial charge in [-0.25, -0.2) is 0 Å². The summed E-state index contributed by atoms with van der Waals surface area (Å²) >= 11 is 12.1. The van der Waals surface area contributed by atoms with E-state index < -0.39 is 17.9 Å². The summed E-state index contributed by atoms with van der Waals surface area (Å²) in [6.45, 7) is 0. The Hall–Kier alpha value is -2.66. The number of carbonyl (C=O) groups excluding carboxylic acids is 2. The van der Waals surface area contributed by atoms with Crippen molar-refractivity contribution in [1.82, 2.24) is 0 Å². The zero-order valence-corrected chi connectivity index (χ0v) is 16.1. The molecule has 1 unspecified atom stereocenters. The molecule has 140 valence electrons. The number of fused-ring (bicyclic) bond motifs is 1. The molecular weight excluding hydrogens is 397 g/mol. The van der Waals surface area contributed by atoms with Crippen molar-refractivity contribution in [3.63, 3.8) is 0 Å². The molecule has 4 rings (SSSR count). The highest BCUT2D eigenvalue weighted by Gasteiger charge is 2.48. The fourth-order valence-electron chi connectivity index (χ4n) is 3.41. The number of ketones is 1. The van der Waals surface area contributed by atoms with Crippen molar-refractivity contribution < 1.29 is 14.7 Å². The standard InChI is InChI=1S/C22H15Cl2NO3/c23-16-10-17(24)20-18(11-16)25-21(27)22(20,28)12-19(26)15-8-6-14(7-9-15)13-4-2-1-3-5-13/h1-11,28H,12H2,(H,25,27). The number of rotatable bonds is 4. The largest absolute Gasteiger partial charge is 0.375 e. The summed E-state index contributed by atoms with van der Waals surface area (Å²) in [5.41, 5.74) is 0.867. The van der Waals surface area contributed by atoms with Crippen LogP contribution in [-0.4, -0.2) is 16.8 Å². The Morgan fingerprint density at radius 1 is 0.964 bits per heavy atom. The fraction of sp³-hybridized carbons (Fsp3) is 0.0909. The van der Waals surface area contributed by atoms with Gasteiger partial charge in [-0.15, -0.1) is 0 Å². The Morgan fingerprint density at radius 2 is 1.61 bits per heavy atom. The molecule has 0 aliphatic carbocycles. The minimum Gasteiger partial charge on any atom is -0.375 e. The Balaban J connectivity index is 1.62. The highest BCUT2D eigenvalue weighted by Crippen LogP contribution is 2.44. The first-order valence-electron chi connectivity index (χ1n) is 8.60. The van der Waals surface area contributed by atoms with Crippen LogP contribution in [0, 0.1) is 0 Å². The second kappa shape index (κ2) is 7.06. The van der Waals surface area contributed by atoms with Crippen LogP contribution in [0.1, 0.15) is 22.3 Å². The van der Waals surface area contributed by atoms with Gasteiger partial charge in [0, 0.05) is 16.1 Å². The summed E-state index contributed by atoms with van der Waals surface area (Å²) in [5.74, 6) is -1.06. The summed E-state index contributed by atoms with van der Waals surface area (Å²) in [5, 5.41) is 14.0. The SMILES string of the molecule is O=C(CC1(O)C(=O)Nc2cc(Cl)cc(Cl)c21)c1ccc(-c2ccccc2)cc1. The van der Waals surface area contributed by atoms with Crippen LogP contribution in [0.25, 0.3) is 11.1 Å². The molecule has 2 N–H and O–H groups in total. The molecule has 0 bridgehead atoms. The van der Waals surface area contributed by atoms with E-state index in [1.807, 2.05) is 42.5 Å². The quantitative estimate of drug-likeness (QED) is 0.588. The van der Waals surface area contributed by atoms with Crippen molar-refractivity contribution in [3.8, 4) is 11.1 Å². The number of halogens is 2. The number of nitrogens with one attached hydrogen (secondary N) is 1. The Kier molecular flexibility index (Phi) is 4.71. The third-order valence-corrected chi connectivity index (χ3v) is 5.34. The molecule has 0 saturated carbocycles. The van der Waals surface area contributed by atoms with Crippen molar-refractivity contribution in [2.45, 2.75) is 12.0 Å². The molecule has 3 aromatic rings. The van der Waals surface area contributed by atoms with Gasteiger partial charge < -0.3 is 10.4 Å². The van der Waals surface area contributed by atoms with Crippen molar-refractivity contribution in [3.05, 3.63) is 87.9 Å². The molecule has 1 atom stereocenters. The zero-order valence-electron chi connectivity index (χ0n) is 14.6. The van der Waals surface area contributed by atoms with Gasteiger partial charge in [-0.1, -0.05) is 77.8 Å². The summed E-state index contributed by atoms with van der Waals surface area (Å²) < 4.78 is 0. The fourth-order valence-corrected chi connectivity index (χ4v) is 4.06. The normalized spacial score (nSPS) is 17.9. The molecule has 0 spiro atoms. The Labute approximate surface area is 171 Å². The molecule has 3 aromatic carbocycles. The first-order valence-corrected chi connectivity index (χ1v) is 9.36. The van der Waals surface area contributed by atoms with Gasteiger partial charge in [0.15, 0.2) is 11.4 Å². The lowest BCUT2D eigenvalue weighted by molar-refractivity contribution is -0.133. The molecule has 0 fully saturated rings. The summed E-state index contributed by atoms with van der Waals surface area (Å²) in [6.07, 6.45) is -0.419. The van der Waals surface area contributed by atoms with Gasteiger partial charge in [-0.2, -0.15) is 0 Å². The van der Waals surface area contributed by atoms with Crippen molar-refractivity contribution >= 4 is 40.6 Å². The second-order valence-corrected chi connectivity index (χ2v) is 7.51. The lowest BCUT2D eigenvalue weighted by Crippen LogP contribution is -2.36. The van der Waals surface area contributed by atoms with Crippen molar-refractivity contribution in [2.24, 2.45) is 0 Å². The first kappa shape index (κ1) is 18.7. The van der Waals surface area contributed by atoms with E-state index in [4.69, 9.17) is 23.2 Å². The van der Waals surface area contributed by atoms with Crippen LogP contribution < -0.4 is 5.32 Å². The van der Waals surface area contributed by atoms with Crippen LogP contribution in [0.15, 0.2) is 66.7 Å². The van der Waals surface area contributed by atoms with E-state index in [0.29, 0.717) is 16.3 Å². The average Bonchev–Trinajstić information content (AvgIpc) is 2.92. The van der Waals surface area contributed by atoms with E-state index in [2.05, 4.69) is 5.32 Å².